The molecular weight excluding hydrogens is 196 g/mol. The summed E-state index contributed by atoms with van der Waals surface area (Å²) < 4.78 is 0. The molecule has 0 aromatic heterocycles. The van der Waals surface area contributed by atoms with E-state index in [1.54, 1.807) is 0 Å². The van der Waals surface area contributed by atoms with Crippen LogP contribution in [0.3, 0.4) is 0 Å². The Bertz CT molecular complexity index is 466. The number of nitriles is 1. The zero-order valence-corrected chi connectivity index (χ0v) is 9.53. The number of hydrogen-bond donors (Lipinski definition) is 1. The Morgan fingerprint density at radius 3 is 3.00 bits per heavy atom. The molecule has 0 radical (unpaired) electrons. The number of hydrogen-bond acceptors (Lipinski definition) is 2. The third kappa shape index (κ3) is 2.32. The molecule has 1 aromatic rings. The largest absolute Gasteiger partial charge is 0.316 e. The molecule has 2 nitrogen and oxygen atoms in total. The summed E-state index contributed by atoms with van der Waals surface area (Å²) in [6.45, 7) is 2.12. The van der Waals surface area contributed by atoms with Crippen LogP contribution in [0.15, 0.2) is 23.8 Å². The van der Waals surface area contributed by atoms with Gasteiger partial charge >= 0.3 is 0 Å². The quantitative estimate of drug-likeness (QED) is 0.819. The maximum Gasteiger partial charge on any atom is 0.0965 e. The number of nitrogens with zero attached hydrogens (tertiary/aromatic N) is 1. The van der Waals surface area contributed by atoms with Crippen molar-refractivity contribution in [3.8, 4) is 6.07 Å². The Morgan fingerprint density at radius 1 is 1.44 bits per heavy atom. The van der Waals surface area contributed by atoms with Crippen LogP contribution in [0.4, 0.5) is 0 Å². The summed E-state index contributed by atoms with van der Waals surface area (Å²) in [5.41, 5.74) is 11.0. The monoisotopic (exact) mass is 212 g/mol. The van der Waals surface area contributed by atoms with Crippen LogP contribution < -0.4 is 5.73 Å². The van der Waals surface area contributed by atoms with Crippen molar-refractivity contribution in [1.29, 1.82) is 5.26 Å². The van der Waals surface area contributed by atoms with Crippen molar-refractivity contribution < 1.29 is 0 Å². The van der Waals surface area contributed by atoms with Crippen LogP contribution in [0.5, 0.6) is 0 Å². The lowest BCUT2D eigenvalue weighted by molar-refractivity contribution is 0.763. The highest BCUT2D eigenvalue weighted by Crippen LogP contribution is 2.26. The molecule has 2 heteroatoms. The van der Waals surface area contributed by atoms with Crippen molar-refractivity contribution in [3.63, 3.8) is 0 Å². The summed E-state index contributed by atoms with van der Waals surface area (Å²) in [4.78, 5) is 0. The van der Waals surface area contributed by atoms with Crippen LogP contribution in [0.1, 0.15) is 29.5 Å². The minimum atomic E-state index is -0.363. The molecule has 1 aliphatic rings. The molecule has 0 heterocycles. The lowest BCUT2D eigenvalue weighted by atomic mass is 9.88. The summed E-state index contributed by atoms with van der Waals surface area (Å²) in [5, 5.41) is 8.69. The number of rotatable bonds is 2. The number of nitrogens with two attached hydrogens (primary N) is 1. The average molecular weight is 212 g/mol. The van der Waals surface area contributed by atoms with E-state index < -0.39 is 0 Å². The van der Waals surface area contributed by atoms with Gasteiger partial charge in [-0.15, -0.1) is 0 Å². The maximum absolute atomic E-state index is 8.69. The van der Waals surface area contributed by atoms with Crippen molar-refractivity contribution in [1.82, 2.24) is 0 Å². The first-order chi connectivity index (χ1) is 7.69. The minimum Gasteiger partial charge on any atom is -0.316 e. The van der Waals surface area contributed by atoms with Gasteiger partial charge in [0, 0.05) is 0 Å². The molecule has 0 spiro atoms. The van der Waals surface area contributed by atoms with E-state index in [9.17, 15) is 0 Å². The van der Waals surface area contributed by atoms with E-state index in [1.165, 1.54) is 22.3 Å². The molecule has 1 aliphatic carbocycles. The van der Waals surface area contributed by atoms with Crippen molar-refractivity contribution >= 4 is 6.08 Å². The van der Waals surface area contributed by atoms with Crippen LogP contribution in [0.25, 0.3) is 6.08 Å². The summed E-state index contributed by atoms with van der Waals surface area (Å²) in [6.07, 6.45) is 4.99. The van der Waals surface area contributed by atoms with Crippen LogP contribution in [0, 0.1) is 18.3 Å². The predicted molar refractivity (Wildman–Crippen MR) is 65.7 cm³/mol. The topological polar surface area (TPSA) is 49.8 Å². The third-order valence-corrected chi connectivity index (χ3v) is 3.02. The molecule has 2 rings (SSSR count). The van der Waals surface area contributed by atoms with Gasteiger partial charge in [0.25, 0.3) is 0 Å². The molecule has 0 bridgehead atoms. The van der Waals surface area contributed by atoms with Crippen LogP contribution >= 0.6 is 0 Å². The number of benzene rings is 1. The van der Waals surface area contributed by atoms with Gasteiger partial charge in [-0.25, -0.2) is 0 Å². The van der Waals surface area contributed by atoms with Crippen molar-refractivity contribution in [2.75, 3.05) is 0 Å². The summed E-state index contributed by atoms with van der Waals surface area (Å²) >= 11 is 0. The molecule has 16 heavy (non-hydrogen) atoms. The summed E-state index contributed by atoms with van der Waals surface area (Å²) in [6, 6.07) is 8.24. The van der Waals surface area contributed by atoms with Gasteiger partial charge in [0.2, 0.25) is 0 Å². The van der Waals surface area contributed by atoms with E-state index in [4.69, 9.17) is 11.0 Å². The fourth-order valence-electron chi connectivity index (χ4n) is 2.17. The molecule has 1 atom stereocenters. The molecule has 0 saturated carbocycles. The van der Waals surface area contributed by atoms with Gasteiger partial charge in [0.05, 0.1) is 12.1 Å². The molecule has 0 amide bonds. The number of fused-ring (bicyclic) bond motifs is 1. The first kappa shape index (κ1) is 10.9. The van der Waals surface area contributed by atoms with Gasteiger partial charge in [0.15, 0.2) is 0 Å². The van der Waals surface area contributed by atoms with Crippen LogP contribution in [-0.2, 0) is 6.42 Å². The van der Waals surface area contributed by atoms with E-state index in [2.05, 4.69) is 37.3 Å². The fraction of sp³-hybridized carbons (Fsp3) is 0.357. The molecule has 2 N–H and O–H groups in total. The van der Waals surface area contributed by atoms with Crippen molar-refractivity contribution in [2.24, 2.45) is 5.73 Å². The molecule has 0 saturated heterocycles. The standard InChI is InChI=1S/C14H16N2/c1-10-2-4-13-7-11(8-14(16)9-15)3-5-12(13)6-10/h2,4,6-7,14H,3,5,8,16H2,1H3. The molecule has 1 unspecified atom stereocenters. The molecule has 1 aromatic carbocycles. The SMILES string of the molecule is Cc1ccc2c(c1)CCC(CC(N)C#N)=C2. The predicted octanol–water partition coefficient (Wildman–Crippen LogP) is 2.57. The van der Waals surface area contributed by atoms with E-state index in [-0.39, 0.29) is 6.04 Å². The number of aryl methyl sites for hydroxylation is 2. The van der Waals surface area contributed by atoms with Gasteiger partial charge in [-0.2, -0.15) is 5.26 Å². The van der Waals surface area contributed by atoms with E-state index in [1.807, 2.05) is 0 Å². The van der Waals surface area contributed by atoms with E-state index >= 15 is 0 Å². The molecule has 0 fully saturated rings. The third-order valence-electron chi connectivity index (χ3n) is 3.02. The Labute approximate surface area is 96.4 Å². The second-order valence-electron chi connectivity index (χ2n) is 4.44. The van der Waals surface area contributed by atoms with Crippen molar-refractivity contribution in [2.45, 2.75) is 32.2 Å². The second kappa shape index (κ2) is 4.51. The Kier molecular flexibility index (Phi) is 3.07. The summed E-state index contributed by atoms with van der Waals surface area (Å²) in [7, 11) is 0. The van der Waals surface area contributed by atoms with Gasteiger partial charge in [-0.3, -0.25) is 0 Å². The first-order valence-corrected chi connectivity index (χ1v) is 5.63. The zero-order chi connectivity index (χ0) is 11.5. The lowest BCUT2D eigenvalue weighted by Gasteiger charge is -2.17. The molecule has 0 aliphatic heterocycles. The van der Waals surface area contributed by atoms with E-state index in [0.717, 1.165) is 12.8 Å². The smallest absolute Gasteiger partial charge is 0.0965 e. The van der Waals surface area contributed by atoms with E-state index in [0.29, 0.717) is 6.42 Å². The summed E-state index contributed by atoms with van der Waals surface area (Å²) in [5.74, 6) is 0. The highest BCUT2D eigenvalue weighted by atomic mass is 14.6. The Morgan fingerprint density at radius 2 is 2.25 bits per heavy atom. The highest BCUT2D eigenvalue weighted by Gasteiger charge is 2.12. The van der Waals surface area contributed by atoms with Crippen LogP contribution in [0.2, 0.25) is 0 Å². The van der Waals surface area contributed by atoms with Crippen molar-refractivity contribution in [3.05, 3.63) is 40.5 Å². The fourth-order valence-corrected chi connectivity index (χ4v) is 2.17. The Hall–Kier alpha value is -1.59. The van der Waals surface area contributed by atoms with Gasteiger partial charge < -0.3 is 5.73 Å². The van der Waals surface area contributed by atoms with Crippen LogP contribution in [-0.4, -0.2) is 6.04 Å². The van der Waals surface area contributed by atoms with Gasteiger partial charge in [0.1, 0.15) is 0 Å². The maximum atomic E-state index is 8.69. The lowest BCUT2D eigenvalue weighted by Crippen LogP contribution is -2.18. The van der Waals surface area contributed by atoms with Gasteiger partial charge in [-0.05, 0) is 37.3 Å². The van der Waals surface area contributed by atoms with Gasteiger partial charge in [-0.1, -0.05) is 35.4 Å². The highest BCUT2D eigenvalue weighted by molar-refractivity contribution is 5.60. The molecular formula is C14H16N2. The second-order valence-corrected chi connectivity index (χ2v) is 4.44. The molecule has 82 valence electrons. The Balaban J connectivity index is 2.22. The first-order valence-electron chi connectivity index (χ1n) is 5.63. The zero-order valence-electron chi connectivity index (χ0n) is 9.53. The minimum absolute atomic E-state index is 0.363. The normalized spacial score (nSPS) is 15.9. The average Bonchev–Trinajstić information content (AvgIpc) is 2.29.